The van der Waals surface area contributed by atoms with Crippen molar-refractivity contribution in [3.63, 3.8) is 0 Å². The van der Waals surface area contributed by atoms with Gasteiger partial charge in [-0.15, -0.1) is 11.5 Å². The maximum atomic E-state index is 11.2. The minimum atomic E-state index is -1.26. The number of carbonyl (C=O) groups excluding carboxylic acids is 1. The largest absolute Gasteiger partial charge is 0.466 e. The molecule has 0 aromatic rings. The molecule has 0 rings (SSSR count). The van der Waals surface area contributed by atoms with Crippen LogP contribution >= 0.6 is 0 Å². The van der Waals surface area contributed by atoms with Gasteiger partial charge in [-0.1, -0.05) is 63.0 Å². The third-order valence-corrected chi connectivity index (χ3v) is 4.11. The molecule has 0 bridgehead atoms. The highest BCUT2D eigenvalue weighted by atomic mass is 28.3. The van der Waals surface area contributed by atoms with Crippen LogP contribution in [0, 0.1) is 17.4 Å². The van der Waals surface area contributed by atoms with Gasteiger partial charge in [0.25, 0.3) is 0 Å². The van der Waals surface area contributed by atoms with Crippen molar-refractivity contribution in [2.75, 3.05) is 6.61 Å². The lowest BCUT2D eigenvalue weighted by Crippen LogP contribution is -2.16. The smallest absolute Gasteiger partial charge is 0.305 e. The highest BCUT2D eigenvalue weighted by Gasteiger charge is 2.07. The summed E-state index contributed by atoms with van der Waals surface area (Å²) in [4.78, 5) is 11.2. The molecule has 0 fully saturated rings. The fraction of sp³-hybridized carbons (Fsp3) is 0.571. The Labute approximate surface area is 154 Å². The number of aliphatic hydroxyl groups excluding tert-OH is 1. The minimum Gasteiger partial charge on any atom is -0.466 e. The Morgan fingerprint density at radius 3 is 2.40 bits per heavy atom. The predicted molar refractivity (Wildman–Crippen MR) is 109 cm³/mol. The molecule has 25 heavy (non-hydrogen) atoms. The second kappa shape index (κ2) is 13.7. The molecule has 0 aliphatic carbocycles. The molecule has 140 valence electrons. The zero-order chi connectivity index (χ0) is 19.1. The second-order valence-electron chi connectivity index (χ2n) is 7.15. The van der Waals surface area contributed by atoms with Gasteiger partial charge in [0, 0.05) is 12.8 Å². The first-order valence-corrected chi connectivity index (χ1v) is 12.6. The molecule has 3 nitrogen and oxygen atoms in total. The average Bonchev–Trinajstić information content (AvgIpc) is 2.49. The quantitative estimate of drug-likeness (QED) is 0.266. The maximum absolute atomic E-state index is 11.2. The van der Waals surface area contributed by atoms with Crippen molar-refractivity contribution in [2.45, 2.75) is 65.3 Å². The van der Waals surface area contributed by atoms with E-state index in [1.807, 2.05) is 24.3 Å². The van der Waals surface area contributed by atoms with E-state index in [0.29, 0.717) is 31.8 Å². The molecule has 0 amide bonds. The number of esters is 1. The summed E-state index contributed by atoms with van der Waals surface area (Å²) in [6.45, 7) is 11.1. The number of hydrogen-bond acceptors (Lipinski definition) is 3. The van der Waals surface area contributed by atoms with Gasteiger partial charge in [0.2, 0.25) is 0 Å². The van der Waals surface area contributed by atoms with Gasteiger partial charge in [0.15, 0.2) is 0 Å². The molecule has 0 saturated carbocycles. The van der Waals surface area contributed by atoms with Crippen LogP contribution < -0.4 is 0 Å². The lowest BCUT2D eigenvalue weighted by molar-refractivity contribution is -0.143. The zero-order valence-electron chi connectivity index (χ0n) is 16.4. The molecular weight excluding hydrogens is 328 g/mol. The van der Waals surface area contributed by atoms with Crippen LogP contribution in [0.1, 0.15) is 39.5 Å². The van der Waals surface area contributed by atoms with Crippen molar-refractivity contribution < 1.29 is 14.6 Å². The van der Waals surface area contributed by atoms with Crippen molar-refractivity contribution in [3.8, 4) is 11.5 Å². The van der Waals surface area contributed by atoms with Crippen molar-refractivity contribution in [1.29, 1.82) is 0 Å². The van der Waals surface area contributed by atoms with Crippen LogP contribution in [0.15, 0.2) is 36.5 Å². The summed E-state index contributed by atoms with van der Waals surface area (Å²) < 4.78 is 4.85. The molecular formula is C21H34O3Si. The van der Waals surface area contributed by atoms with Crippen molar-refractivity contribution >= 4 is 14.0 Å². The van der Waals surface area contributed by atoms with Crippen LogP contribution in [-0.2, 0) is 9.53 Å². The Bertz CT molecular complexity index is 515. The molecule has 0 heterocycles. The van der Waals surface area contributed by atoms with E-state index in [1.54, 1.807) is 13.0 Å². The number of carbonyl (C=O) groups is 1. The van der Waals surface area contributed by atoms with E-state index in [9.17, 15) is 9.90 Å². The minimum absolute atomic E-state index is 0.202. The third-order valence-electron chi connectivity index (χ3n) is 3.18. The van der Waals surface area contributed by atoms with Crippen molar-refractivity contribution in [3.05, 3.63) is 36.5 Å². The molecule has 0 spiro atoms. The van der Waals surface area contributed by atoms with E-state index in [-0.39, 0.29) is 5.97 Å². The van der Waals surface area contributed by atoms with Gasteiger partial charge in [-0.05, 0) is 25.7 Å². The van der Waals surface area contributed by atoms with Gasteiger partial charge in [-0.25, -0.2) is 0 Å². The van der Waals surface area contributed by atoms with Crippen LogP contribution in [0.4, 0.5) is 0 Å². The summed E-state index contributed by atoms with van der Waals surface area (Å²) in [6, 6.07) is 0. The fourth-order valence-electron chi connectivity index (χ4n) is 1.90. The lowest BCUT2D eigenvalue weighted by atomic mass is 10.1. The SMILES string of the molecule is CCOC(=O)CCC[C@H](O)\C=C/C=C/C=C/[C@H](C)CC#C[Si](C)(C)C. The van der Waals surface area contributed by atoms with Gasteiger partial charge < -0.3 is 9.84 Å². The molecule has 0 saturated heterocycles. The van der Waals surface area contributed by atoms with Crippen LogP contribution in [0.5, 0.6) is 0 Å². The summed E-state index contributed by atoms with van der Waals surface area (Å²) in [5.74, 6) is 3.52. The molecule has 0 radical (unpaired) electrons. The average molecular weight is 363 g/mol. The van der Waals surface area contributed by atoms with E-state index in [1.165, 1.54) is 0 Å². The Hall–Kier alpha value is -1.57. The molecule has 0 unspecified atom stereocenters. The Kier molecular flexibility index (Phi) is 12.8. The van der Waals surface area contributed by atoms with E-state index >= 15 is 0 Å². The number of ether oxygens (including phenoxy) is 1. The van der Waals surface area contributed by atoms with Gasteiger partial charge in [-0.3, -0.25) is 4.79 Å². The zero-order valence-corrected chi connectivity index (χ0v) is 17.4. The van der Waals surface area contributed by atoms with E-state index in [0.717, 1.165) is 6.42 Å². The monoisotopic (exact) mass is 362 g/mol. The summed E-state index contributed by atoms with van der Waals surface area (Å²) in [6.07, 6.45) is 13.5. The molecule has 2 atom stereocenters. The van der Waals surface area contributed by atoms with Gasteiger partial charge in [0.05, 0.1) is 12.7 Å². The van der Waals surface area contributed by atoms with E-state index in [2.05, 4.69) is 44.1 Å². The van der Waals surface area contributed by atoms with Gasteiger partial charge in [-0.2, -0.15) is 0 Å². The second-order valence-corrected chi connectivity index (χ2v) is 11.9. The van der Waals surface area contributed by atoms with Crippen LogP contribution in [0.2, 0.25) is 19.6 Å². The molecule has 4 heteroatoms. The van der Waals surface area contributed by atoms with Crippen molar-refractivity contribution in [2.24, 2.45) is 5.92 Å². The molecule has 0 aliphatic heterocycles. The number of hydrogen-bond donors (Lipinski definition) is 1. The Morgan fingerprint density at radius 2 is 1.80 bits per heavy atom. The molecule has 0 aromatic carbocycles. The maximum Gasteiger partial charge on any atom is 0.305 e. The topological polar surface area (TPSA) is 46.5 Å². The first kappa shape index (κ1) is 23.4. The van der Waals surface area contributed by atoms with Crippen LogP contribution in [-0.4, -0.2) is 31.9 Å². The van der Waals surface area contributed by atoms with Gasteiger partial charge >= 0.3 is 5.97 Å². The molecule has 1 N–H and O–H groups in total. The third kappa shape index (κ3) is 17.1. The summed E-state index contributed by atoms with van der Waals surface area (Å²) in [5.41, 5.74) is 3.38. The number of rotatable bonds is 10. The molecule has 0 aliphatic rings. The first-order valence-electron chi connectivity index (χ1n) is 9.10. The standard InChI is InChI=1S/C21H34O3Si/c1-6-24-21(23)17-11-16-20(22)15-10-8-7-9-13-19(2)14-12-18-25(3,4)5/h7-10,13,15,19-20,22H,6,11,14,16-17H2,1-5H3/b8-7+,13-9+,15-10-/t19-,20+/m0/s1. The van der Waals surface area contributed by atoms with Crippen LogP contribution in [0.25, 0.3) is 0 Å². The summed E-state index contributed by atoms with van der Waals surface area (Å²) in [7, 11) is -1.26. The van der Waals surface area contributed by atoms with Gasteiger partial charge in [0.1, 0.15) is 8.07 Å². The highest BCUT2D eigenvalue weighted by molar-refractivity contribution is 6.83. The normalized spacial score (nSPS) is 14.6. The number of aliphatic hydroxyl groups is 1. The van der Waals surface area contributed by atoms with E-state index in [4.69, 9.17) is 4.74 Å². The lowest BCUT2D eigenvalue weighted by Gasteiger charge is -2.04. The summed E-state index contributed by atoms with van der Waals surface area (Å²) in [5, 5.41) is 9.80. The summed E-state index contributed by atoms with van der Waals surface area (Å²) >= 11 is 0. The Balaban J connectivity index is 3.99. The number of allylic oxidation sites excluding steroid dienone is 5. The Morgan fingerprint density at radius 1 is 1.16 bits per heavy atom. The van der Waals surface area contributed by atoms with Crippen molar-refractivity contribution in [1.82, 2.24) is 0 Å². The first-order chi connectivity index (χ1) is 11.7. The van der Waals surface area contributed by atoms with Crippen LogP contribution in [0.3, 0.4) is 0 Å². The van der Waals surface area contributed by atoms with E-state index < -0.39 is 14.2 Å². The fourth-order valence-corrected chi connectivity index (χ4v) is 2.54. The highest BCUT2D eigenvalue weighted by Crippen LogP contribution is 2.05. The predicted octanol–water partition coefficient (Wildman–Crippen LogP) is 4.66. The molecule has 0 aromatic heterocycles.